The second-order valence-corrected chi connectivity index (χ2v) is 4.65. The van der Waals surface area contributed by atoms with Crippen molar-refractivity contribution in [1.82, 2.24) is 9.88 Å². The van der Waals surface area contributed by atoms with Gasteiger partial charge < -0.3 is 5.73 Å². The average Bonchev–Trinajstić information content (AvgIpc) is 2.31. The van der Waals surface area contributed by atoms with E-state index in [0.29, 0.717) is 4.99 Å². The molecule has 1 aromatic heterocycles. The molecule has 2 heterocycles. The van der Waals surface area contributed by atoms with Gasteiger partial charge in [0.1, 0.15) is 10.7 Å². The van der Waals surface area contributed by atoms with E-state index in [0.717, 1.165) is 17.8 Å². The van der Waals surface area contributed by atoms with Crippen LogP contribution >= 0.6 is 12.2 Å². The minimum atomic E-state index is 0.396. The van der Waals surface area contributed by atoms with Gasteiger partial charge in [-0.1, -0.05) is 24.7 Å². The van der Waals surface area contributed by atoms with Gasteiger partial charge in [0.05, 0.1) is 0 Å². The fourth-order valence-corrected chi connectivity index (χ4v) is 2.33. The number of likely N-dealkylation sites (tertiary alicyclic amines) is 1. The lowest BCUT2D eigenvalue weighted by atomic mass is 10.1. The molecule has 0 spiro atoms. The molecule has 0 aliphatic carbocycles. The predicted octanol–water partition coefficient (Wildman–Crippen LogP) is 1.70. The van der Waals surface area contributed by atoms with E-state index in [2.05, 4.69) is 16.0 Å². The summed E-state index contributed by atoms with van der Waals surface area (Å²) in [6.07, 6.45) is 5.69. The Bertz CT molecular complexity index is 372. The zero-order valence-electron chi connectivity index (χ0n) is 9.35. The van der Waals surface area contributed by atoms with E-state index in [-0.39, 0.29) is 0 Å². The van der Waals surface area contributed by atoms with Gasteiger partial charge >= 0.3 is 0 Å². The molecule has 86 valence electrons. The molecule has 1 saturated heterocycles. The quantitative estimate of drug-likeness (QED) is 0.810. The van der Waals surface area contributed by atoms with E-state index in [1.165, 1.54) is 32.4 Å². The van der Waals surface area contributed by atoms with E-state index < -0.39 is 0 Å². The largest absolute Gasteiger partial charge is 0.388 e. The van der Waals surface area contributed by atoms with Gasteiger partial charge in [-0.15, -0.1) is 0 Å². The Labute approximate surface area is 102 Å². The lowest BCUT2D eigenvalue weighted by molar-refractivity contribution is 0.220. The molecule has 0 atom stereocenters. The fourth-order valence-electron chi connectivity index (χ4n) is 2.15. The van der Waals surface area contributed by atoms with Gasteiger partial charge in [0.15, 0.2) is 0 Å². The van der Waals surface area contributed by atoms with Crippen molar-refractivity contribution in [3.63, 3.8) is 0 Å². The second kappa shape index (κ2) is 5.37. The van der Waals surface area contributed by atoms with Crippen molar-refractivity contribution in [2.24, 2.45) is 5.73 Å². The third-order valence-electron chi connectivity index (χ3n) is 2.97. The fraction of sp³-hybridized carbons (Fsp3) is 0.500. The molecule has 1 aliphatic rings. The number of nitrogens with zero attached hydrogens (tertiary/aromatic N) is 2. The van der Waals surface area contributed by atoms with E-state index in [4.69, 9.17) is 18.0 Å². The Kier molecular flexibility index (Phi) is 3.85. The van der Waals surface area contributed by atoms with Crippen molar-refractivity contribution in [3.05, 3.63) is 29.6 Å². The number of rotatable bonds is 3. The zero-order valence-corrected chi connectivity index (χ0v) is 10.2. The molecular formula is C12H17N3S. The summed E-state index contributed by atoms with van der Waals surface area (Å²) < 4.78 is 0. The van der Waals surface area contributed by atoms with Crippen LogP contribution in [0.3, 0.4) is 0 Å². The Morgan fingerprint density at radius 1 is 1.38 bits per heavy atom. The molecule has 0 bridgehead atoms. The number of hydrogen-bond acceptors (Lipinski definition) is 3. The zero-order chi connectivity index (χ0) is 11.4. The van der Waals surface area contributed by atoms with Crippen LogP contribution in [0.25, 0.3) is 0 Å². The van der Waals surface area contributed by atoms with Gasteiger partial charge in [0.25, 0.3) is 0 Å². The lowest BCUT2D eigenvalue weighted by Crippen LogP contribution is -2.30. The van der Waals surface area contributed by atoms with Crippen molar-refractivity contribution in [3.8, 4) is 0 Å². The third kappa shape index (κ3) is 2.77. The number of pyridine rings is 1. The Morgan fingerprint density at radius 2 is 2.12 bits per heavy atom. The minimum absolute atomic E-state index is 0.396. The Balaban J connectivity index is 2.10. The van der Waals surface area contributed by atoms with Crippen molar-refractivity contribution < 1.29 is 0 Å². The van der Waals surface area contributed by atoms with Crippen LogP contribution in [0.5, 0.6) is 0 Å². The summed E-state index contributed by atoms with van der Waals surface area (Å²) in [4.78, 5) is 7.09. The molecule has 0 radical (unpaired) electrons. The smallest absolute Gasteiger partial charge is 0.123 e. The number of nitrogens with two attached hydrogens (primary N) is 1. The first-order chi connectivity index (χ1) is 7.77. The first-order valence-corrected chi connectivity index (χ1v) is 6.14. The summed E-state index contributed by atoms with van der Waals surface area (Å²) in [6.45, 7) is 3.26. The van der Waals surface area contributed by atoms with Crippen molar-refractivity contribution in [2.75, 3.05) is 13.1 Å². The topological polar surface area (TPSA) is 42.1 Å². The summed E-state index contributed by atoms with van der Waals surface area (Å²) in [7, 11) is 0. The van der Waals surface area contributed by atoms with Gasteiger partial charge in [0.2, 0.25) is 0 Å². The number of aromatic nitrogens is 1. The SMILES string of the molecule is NC(=S)c1ncccc1CN1CCCCC1. The number of hydrogen-bond donors (Lipinski definition) is 1. The van der Waals surface area contributed by atoms with Crippen molar-refractivity contribution in [1.29, 1.82) is 0 Å². The maximum absolute atomic E-state index is 5.67. The summed E-state index contributed by atoms with van der Waals surface area (Å²) in [5, 5.41) is 0. The van der Waals surface area contributed by atoms with Crippen molar-refractivity contribution in [2.45, 2.75) is 25.8 Å². The van der Waals surface area contributed by atoms with Crippen LogP contribution in [0.4, 0.5) is 0 Å². The lowest BCUT2D eigenvalue weighted by Gasteiger charge is -2.26. The maximum atomic E-state index is 5.67. The molecule has 0 saturated carbocycles. The first-order valence-electron chi connectivity index (χ1n) is 5.73. The van der Waals surface area contributed by atoms with Crippen LogP contribution in [-0.4, -0.2) is 28.0 Å². The molecule has 0 unspecified atom stereocenters. The molecule has 3 nitrogen and oxygen atoms in total. The normalized spacial score (nSPS) is 17.2. The predicted molar refractivity (Wildman–Crippen MR) is 69.3 cm³/mol. The van der Waals surface area contributed by atoms with Gasteiger partial charge in [-0.3, -0.25) is 9.88 Å². The molecule has 0 amide bonds. The van der Waals surface area contributed by atoms with Gasteiger partial charge in [-0.2, -0.15) is 0 Å². The maximum Gasteiger partial charge on any atom is 0.123 e. The highest BCUT2D eigenvalue weighted by molar-refractivity contribution is 7.80. The van der Waals surface area contributed by atoms with Gasteiger partial charge in [0, 0.05) is 12.7 Å². The molecule has 0 aromatic carbocycles. The second-order valence-electron chi connectivity index (χ2n) is 4.21. The summed E-state index contributed by atoms with van der Waals surface area (Å²) >= 11 is 5.01. The van der Waals surface area contributed by atoms with E-state index in [1.807, 2.05) is 6.07 Å². The molecule has 1 aromatic rings. The first kappa shape index (κ1) is 11.5. The average molecular weight is 235 g/mol. The van der Waals surface area contributed by atoms with E-state index >= 15 is 0 Å². The van der Waals surface area contributed by atoms with Gasteiger partial charge in [-0.25, -0.2) is 0 Å². The molecule has 4 heteroatoms. The Morgan fingerprint density at radius 3 is 2.81 bits per heavy atom. The summed E-state index contributed by atoms with van der Waals surface area (Å²) in [6, 6.07) is 4.01. The van der Waals surface area contributed by atoms with Crippen LogP contribution in [0.2, 0.25) is 0 Å². The number of piperidine rings is 1. The monoisotopic (exact) mass is 235 g/mol. The third-order valence-corrected chi connectivity index (χ3v) is 3.16. The molecule has 16 heavy (non-hydrogen) atoms. The van der Waals surface area contributed by atoms with Crippen LogP contribution in [-0.2, 0) is 6.54 Å². The van der Waals surface area contributed by atoms with Crippen LogP contribution in [0.15, 0.2) is 18.3 Å². The molecule has 2 rings (SSSR count). The highest BCUT2D eigenvalue weighted by Crippen LogP contribution is 2.14. The van der Waals surface area contributed by atoms with Crippen molar-refractivity contribution >= 4 is 17.2 Å². The molecule has 2 N–H and O–H groups in total. The summed E-state index contributed by atoms with van der Waals surface area (Å²) in [5.74, 6) is 0. The van der Waals surface area contributed by atoms with Gasteiger partial charge in [-0.05, 0) is 37.6 Å². The van der Waals surface area contributed by atoms with E-state index in [9.17, 15) is 0 Å². The number of thiocarbonyl (C=S) groups is 1. The minimum Gasteiger partial charge on any atom is -0.388 e. The van der Waals surface area contributed by atoms with E-state index in [1.54, 1.807) is 6.20 Å². The Hall–Kier alpha value is -1.00. The molecule has 1 aliphatic heterocycles. The molecule has 1 fully saturated rings. The van der Waals surface area contributed by atoms with Crippen LogP contribution in [0, 0.1) is 0 Å². The standard InChI is InChI=1S/C12H17N3S/c13-12(16)11-10(5-4-6-14-11)9-15-7-2-1-3-8-15/h4-6H,1-3,7-9H2,(H2,13,16). The highest BCUT2D eigenvalue weighted by Gasteiger charge is 2.13. The summed E-state index contributed by atoms with van der Waals surface area (Å²) in [5.41, 5.74) is 7.60. The molecular weight excluding hydrogens is 218 g/mol. The van der Waals surface area contributed by atoms with Crippen LogP contribution in [0.1, 0.15) is 30.5 Å². The van der Waals surface area contributed by atoms with Crippen LogP contribution < -0.4 is 5.73 Å². The highest BCUT2D eigenvalue weighted by atomic mass is 32.1.